The Morgan fingerprint density at radius 3 is 2.33 bits per heavy atom. The molecule has 0 spiro atoms. The maximum Gasteiger partial charge on any atom is 0.338 e. The predicted molar refractivity (Wildman–Crippen MR) is 148 cm³/mol. The number of carbonyl (C=O) groups excluding carboxylic acids is 2. The zero-order chi connectivity index (χ0) is 28.6. The van der Waals surface area contributed by atoms with E-state index >= 15 is 0 Å². The number of anilines is 3. The number of phenols is 2. The van der Waals surface area contributed by atoms with Crippen LogP contribution in [-0.2, 0) is 13.3 Å². The number of rotatable bonds is 7. The molecule has 1 amide bonds. The minimum Gasteiger partial charge on any atom is -0.508 e. The number of nitrogens with zero attached hydrogens (tertiary/aromatic N) is 1. The first kappa shape index (κ1) is 29.5. The molecule has 11 nitrogen and oxygen atoms in total. The molecule has 0 aliphatic rings. The number of carbonyl (C=O) groups is 2. The summed E-state index contributed by atoms with van der Waals surface area (Å²) >= 11 is -3.62. The summed E-state index contributed by atoms with van der Waals surface area (Å²) in [4.78, 5) is 27.0. The summed E-state index contributed by atoms with van der Waals surface area (Å²) in [6.07, 6.45) is 0. The molecule has 1 heterocycles. The largest absolute Gasteiger partial charge is 0.508 e. The van der Waals surface area contributed by atoms with Crippen molar-refractivity contribution in [2.45, 2.75) is 13.8 Å². The fourth-order valence-electron chi connectivity index (χ4n) is 3.21. The molecule has 13 heteroatoms. The zero-order valence-corrected chi connectivity index (χ0v) is 23.6. The molecule has 4 rings (SSSR count). The first-order valence-corrected chi connectivity index (χ1v) is 15.7. The number of aromatic hydroxyl groups is 2. The molecule has 6 N–H and O–H groups in total. The van der Waals surface area contributed by atoms with Crippen molar-refractivity contribution in [2.75, 3.05) is 17.2 Å². The number of ether oxygens (including phenoxy) is 1. The van der Waals surface area contributed by atoms with Gasteiger partial charge in [-0.25, -0.2) is 9.78 Å². The van der Waals surface area contributed by atoms with Crippen LogP contribution >= 0.6 is 11.3 Å². The minimum atomic E-state index is -5.09. The number of hydrogen-bond donors (Lipinski definition) is 6. The molecular formula is C26H26AsN3O8S. The monoisotopic (exact) mass is 615 g/mol. The van der Waals surface area contributed by atoms with E-state index in [-0.39, 0.29) is 23.3 Å². The fourth-order valence-corrected chi connectivity index (χ4v) is 5.27. The van der Waals surface area contributed by atoms with Gasteiger partial charge in [0.15, 0.2) is 5.13 Å². The van der Waals surface area contributed by atoms with Gasteiger partial charge in [0.25, 0.3) is 0 Å². The fraction of sp³-hybridized carbons (Fsp3) is 0.115. The third-order valence-corrected chi connectivity index (χ3v) is 7.77. The average molecular weight is 615 g/mol. The van der Waals surface area contributed by atoms with Gasteiger partial charge in [0.05, 0.1) is 17.9 Å². The maximum absolute atomic E-state index is 11.8. The van der Waals surface area contributed by atoms with Gasteiger partial charge in [-0.3, -0.25) is 0 Å². The minimum absolute atomic E-state index is 0.225. The summed E-state index contributed by atoms with van der Waals surface area (Å²) in [6.45, 7) is 3.41. The second-order valence-corrected chi connectivity index (χ2v) is 12.1. The predicted octanol–water partition coefficient (Wildman–Crippen LogP) is 3.35. The second kappa shape index (κ2) is 13.1. The van der Waals surface area contributed by atoms with Crippen LogP contribution in [0.15, 0.2) is 72.1 Å². The molecule has 0 bridgehead atoms. The summed E-state index contributed by atoms with van der Waals surface area (Å²) in [7, 11) is 0. The van der Waals surface area contributed by atoms with E-state index in [0.29, 0.717) is 12.2 Å². The van der Waals surface area contributed by atoms with Crippen LogP contribution in [-0.4, -0.2) is 56.0 Å². The normalized spacial score (nSPS) is 10.7. The van der Waals surface area contributed by atoms with Crippen LogP contribution in [0.2, 0.25) is 0 Å². The second-order valence-electron chi connectivity index (χ2n) is 7.94. The van der Waals surface area contributed by atoms with Crippen LogP contribution < -0.4 is 15.0 Å². The van der Waals surface area contributed by atoms with E-state index in [9.17, 15) is 23.5 Å². The van der Waals surface area contributed by atoms with Crippen LogP contribution in [0, 0.1) is 0 Å². The molecule has 0 unspecified atom stereocenters. The van der Waals surface area contributed by atoms with Gasteiger partial charge in [0.2, 0.25) is 0 Å². The van der Waals surface area contributed by atoms with Gasteiger partial charge in [-0.1, -0.05) is 6.07 Å². The Morgan fingerprint density at radius 2 is 1.72 bits per heavy atom. The van der Waals surface area contributed by atoms with Crippen LogP contribution in [0.5, 0.6) is 11.5 Å². The molecule has 0 saturated heterocycles. The van der Waals surface area contributed by atoms with Crippen molar-refractivity contribution >= 4 is 58.2 Å². The Balaban J connectivity index is 0.000000242. The zero-order valence-electron chi connectivity index (χ0n) is 20.9. The van der Waals surface area contributed by atoms with E-state index in [1.807, 2.05) is 23.6 Å². The van der Waals surface area contributed by atoms with Gasteiger partial charge in [-0.05, 0) is 49.4 Å². The number of esters is 1. The number of nitrogens with one attached hydrogen (secondary N) is 2. The Morgan fingerprint density at radius 1 is 1.00 bits per heavy atom. The van der Waals surface area contributed by atoms with E-state index in [4.69, 9.17) is 12.9 Å². The standard InChI is InChI=1S/C18H16N2O3S.C8H10AsNO5/c1-2-23-17(22)13-4-3-5-14(10-13)19-18-20-16(11-24-18)12-6-8-15(21)9-7-12;1-5(11)10-6-2-3-7(8(12)4-6)9(13,14)15/h3-11,21H,2H2,1H3,(H,19,20);2-4,12H,1H3,(H,10,11)(H2,13,14,15). The topological polar surface area (TPSA) is 178 Å². The molecule has 0 radical (unpaired) electrons. The Hall–Kier alpha value is -4.09. The van der Waals surface area contributed by atoms with Gasteiger partial charge in [-0.15, -0.1) is 11.3 Å². The molecule has 0 atom stereocenters. The maximum atomic E-state index is 11.8. The van der Waals surface area contributed by atoms with Crippen molar-refractivity contribution in [2.24, 2.45) is 0 Å². The van der Waals surface area contributed by atoms with Crippen LogP contribution in [0.1, 0.15) is 24.2 Å². The Kier molecular flexibility index (Phi) is 9.91. The Bertz CT molecular complexity index is 1500. The van der Waals surface area contributed by atoms with Crippen molar-refractivity contribution < 1.29 is 36.5 Å². The number of phenolic OH excluding ortho intramolecular Hbond substituents is 2. The molecule has 4 aromatic rings. The summed E-state index contributed by atoms with van der Waals surface area (Å²) in [5.41, 5.74) is 3.30. The van der Waals surface area contributed by atoms with Gasteiger partial charge in [0, 0.05) is 16.6 Å². The molecule has 39 heavy (non-hydrogen) atoms. The van der Waals surface area contributed by atoms with E-state index in [1.54, 1.807) is 37.3 Å². The van der Waals surface area contributed by atoms with E-state index in [1.165, 1.54) is 24.3 Å². The van der Waals surface area contributed by atoms with Crippen molar-refractivity contribution in [3.63, 3.8) is 0 Å². The van der Waals surface area contributed by atoms with Crippen molar-refractivity contribution in [1.29, 1.82) is 0 Å². The van der Waals surface area contributed by atoms with Crippen molar-refractivity contribution in [1.82, 2.24) is 4.98 Å². The molecule has 204 valence electrons. The smallest absolute Gasteiger partial charge is 0.338 e. The average Bonchev–Trinajstić information content (AvgIpc) is 3.32. The van der Waals surface area contributed by atoms with Gasteiger partial charge in [0.1, 0.15) is 5.75 Å². The first-order valence-electron chi connectivity index (χ1n) is 11.4. The van der Waals surface area contributed by atoms with Crippen molar-refractivity contribution in [3.8, 4) is 22.8 Å². The first-order chi connectivity index (χ1) is 18.5. The Labute approximate surface area is 230 Å². The van der Waals surface area contributed by atoms with Crippen molar-refractivity contribution in [3.05, 3.63) is 77.7 Å². The van der Waals surface area contributed by atoms with E-state index in [0.717, 1.165) is 34.2 Å². The third kappa shape index (κ3) is 8.72. The number of thiazole rings is 1. The van der Waals surface area contributed by atoms with E-state index < -0.39 is 24.3 Å². The van der Waals surface area contributed by atoms with Crippen LogP contribution in [0.25, 0.3) is 11.3 Å². The number of amides is 1. The quantitative estimate of drug-likeness (QED) is 0.133. The van der Waals surface area contributed by atoms with Gasteiger partial charge in [-0.2, -0.15) is 0 Å². The van der Waals surface area contributed by atoms with Crippen LogP contribution in [0.4, 0.5) is 16.5 Å². The number of hydrogen-bond acceptors (Lipinski definition) is 9. The third-order valence-electron chi connectivity index (χ3n) is 4.90. The summed E-state index contributed by atoms with van der Waals surface area (Å²) < 4.78 is 33.2. The van der Waals surface area contributed by atoms with Gasteiger partial charge < -0.3 is 15.2 Å². The summed E-state index contributed by atoms with van der Waals surface area (Å²) in [5.74, 6) is -0.967. The van der Waals surface area contributed by atoms with Crippen LogP contribution in [0.3, 0.4) is 0 Å². The molecule has 0 aliphatic heterocycles. The summed E-state index contributed by atoms with van der Waals surface area (Å²) in [6, 6.07) is 17.5. The SMILES string of the molecule is CC(=O)Nc1ccc([As](=O)(O)O)c(O)c1.CCOC(=O)c1cccc(Nc2nc(-c3ccc(O)cc3)cs2)c1. The molecule has 1 aromatic heterocycles. The summed E-state index contributed by atoms with van der Waals surface area (Å²) in [5, 5.41) is 26.9. The molecule has 0 aliphatic carbocycles. The van der Waals surface area contributed by atoms with Gasteiger partial charge >= 0.3 is 94.1 Å². The molecule has 3 aromatic carbocycles. The molecule has 0 saturated carbocycles. The number of benzene rings is 3. The molecular weight excluding hydrogens is 589 g/mol. The van der Waals surface area contributed by atoms with E-state index in [2.05, 4.69) is 15.6 Å². The molecule has 0 fully saturated rings. The number of aromatic nitrogens is 1.